The summed E-state index contributed by atoms with van der Waals surface area (Å²) in [4.78, 5) is 11.0. The fourth-order valence-electron chi connectivity index (χ4n) is 1.72. The topological polar surface area (TPSA) is 55.8 Å². The zero-order valence-corrected chi connectivity index (χ0v) is 13.3. The number of benzene rings is 2. The lowest BCUT2D eigenvalue weighted by molar-refractivity contribution is 0.0696. The molecule has 1 N–H and O–H groups in total. The minimum Gasteiger partial charge on any atom is -0.493 e. The van der Waals surface area contributed by atoms with Crippen LogP contribution >= 0.6 is 22.6 Å². The van der Waals surface area contributed by atoms with Gasteiger partial charge in [-0.1, -0.05) is 12.1 Å². The molecule has 6 heteroatoms. The number of carboxylic acids is 1. The first-order chi connectivity index (χ1) is 10.0. The van der Waals surface area contributed by atoms with E-state index in [1.165, 1.54) is 31.4 Å². The maximum Gasteiger partial charge on any atom is 0.335 e. The van der Waals surface area contributed by atoms with Crippen LogP contribution in [0.2, 0.25) is 0 Å². The SMILES string of the molecule is COc1cc(C(=O)O)cc(I)c1OCc1ccc(F)cc1. The number of ether oxygens (including phenoxy) is 2. The molecule has 0 radical (unpaired) electrons. The van der Waals surface area contributed by atoms with E-state index in [-0.39, 0.29) is 18.0 Å². The number of aromatic carboxylic acids is 1. The number of carboxylic acid groups (broad SMARTS) is 1. The van der Waals surface area contributed by atoms with Crippen LogP contribution in [0.5, 0.6) is 11.5 Å². The van der Waals surface area contributed by atoms with Crippen LogP contribution in [0.1, 0.15) is 15.9 Å². The molecule has 0 saturated heterocycles. The molecule has 2 aromatic carbocycles. The van der Waals surface area contributed by atoms with E-state index < -0.39 is 5.97 Å². The molecule has 21 heavy (non-hydrogen) atoms. The molecule has 0 aliphatic heterocycles. The van der Waals surface area contributed by atoms with Gasteiger partial charge in [-0.25, -0.2) is 9.18 Å². The van der Waals surface area contributed by atoms with Gasteiger partial charge < -0.3 is 14.6 Å². The maximum atomic E-state index is 12.8. The Morgan fingerprint density at radius 1 is 1.29 bits per heavy atom. The Labute approximate surface area is 134 Å². The minimum absolute atomic E-state index is 0.130. The van der Waals surface area contributed by atoms with Gasteiger partial charge >= 0.3 is 5.97 Å². The van der Waals surface area contributed by atoms with Gasteiger partial charge in [0.05, 0.1) is 16.2 Å². The van der Waals surface area contributed by atoms with Gasteiger partial charge in [0.1, 0.15) is 12.4 Å². The molecule has 0 aromatic heterocycles. The Morgan fingerprint density at radius 2 is 1.95 bits per heavy atom. The van der Waals surface area contributed by atoms with E-state index in [9.17, 15) is 9.18 Å². The highest BCUT2D eigenvalue weighted by atomic mass is 127. The van der Waals surface area contributed by atoms with Crippen molar-refractivity contribution in [1.82, 2.24) is 0 Å². The van der Waals surface area contributed by atoms with E-state index in [1.807, 2.05) is 22.6 Å². The summed E-state index contributed by atoms with van der Waals surface area (Å²) in [5, 5.41) is 9.02. The van der Waals surface area contributed by atoms with E-state index in [1.54, 1.807) is 12.1 Å². The van der Waals surface area contributed by atoms with Gasteiger partial charge in [0, 0.05) is 0 Å². The molecule has 0 aliphatic rings. The molecule has 2 aromatic rings. The van der Waals surface area contributed by atoms with Crippen molar-refractivity contribution in [2.24, 2.45) is 0 Å². The summed E-state index contributed by atoms with van der Waals surface area (Å²) in [5.41, 5.74) is 0.932. The standard InChI is InChI=1S/C15H12FIO4/c1-20-13-7-10(15(18)19)6-12(17)14(13)21-8-9-2-4-11(16)5-3-9/h2-7H,8H2,1H3,(H,18,19). The van der Waals surface area contributed by atoms with Crippen molar-refractivity contribution in [2.75, 3.05) is 7.11 Å². The van der Waals surface area contributed by atoms with Crippen molar-refractivity contribution in [3.8, 4) is 11.5 Å². The molecule has 0 bridgehead atoms. The molecule has 0 amide bonds. The van der Waals surface area contributed by atoms with Crippen LogP contribution in [0.25, 0.3) is 0 Å². The zero-order chi connectivity index (χ0) is 15.4. The Hall–Kier alpha value is -1.83. The van der Waals surface area contributed by atoms with Crippen LogP contribution in [0.15, 0.2) is 36.4 Å². The largest absolute Gasteiger partial charge is 0.493 e. The molecular weight excluding hydrogens is 390 g/mol. The van der Waals surface area contributed by atoms with Crippen molar-refractivity contribution in [3.05, 3.63) is 56.9 Å². The van der Waals surface area contributed by atoms with Crippen LogP contribution in [0, 0.1) is 9.39 Å². The average Bonchev–Trinajstić information content (AvgIpc) is 2.46. The number of carbonyl (C=O) groups is 1. The fourth-order valence-corrected chi connectivity index (χ4v) is 2.48. The monoisotopic (exact) mass is 402 g/mol. The van der Waals surface area contributed by atoms with E-state index in [2.05, 4.69) is 0 Å². The molecule has 0 aliphatic carbocycles. The lowest BCUT2D eigenvalue weighted by Gasteiger charge is -2.13. The quantitative estimate of drug-likeness (QED) is 0.775. The van der Waals surface area contributed by atoms with Gasteiger partial charge in [-0.05, 0) is 52.4 Å². The minimum atomic E-state index is -1.03. The predicted molar refractivity (Wildman–Crippen MR) is 83.4 cm³/mol. The molecular formula is C15H12FIO4. The lowest BCUT2D eigenvalue weighted by Crippen LogP contribution is -2.03. The van der Waals surface area contributed by atoms with Crippen molar-refractivity contribution >= 4 is 28.6 Å². The van der Waals surface area contributed by atoms with Crippen LogP contribution in [0.3, 0.4) is 0 Å². The van der Waals surface area contributed by atoms with Crippen LogP contribution < -0.4 is 9.47 Å². The highest BCUT2D eigenvalue weighted by molar-refractivity contribution is 14.1. The van der Waals surface area contributed by atoms with Crippen LogP contribution in [-0.2, 0) is 6.61 Å². The predicted octanol–water partition coefficient (Wildman–Crippen LogP) is 3.72. The van der Waals surface area contributed by atoms with Crippen LogP contribution in [-0.4, -0.2) is 18.2 Å². The Bertz CT molecular complexity index is 655. The van der Waals surface area contributed by atoms with Crippen molar-refractivity contribution in [1.29, 1.82) is 0 Å². The van der Waals surface area contributed by atoms with Crippen molar-refractivity contribution < 1.29 is 23.8 Å². The van der Waals surface area contributed by atoms with Gasteiger partial charge in [-0.15, -0.1) is 0 Å². The Balaban J connectivity index is 2.23. The van der Waals surface area contributed by atoms with E-state index >= 15 is 0 Å². The van der Waals surface area contributed by atoms with E-state index in [4.69, 9.17) is 14.6 Å². The Morgan fingerprint density at radius 3 is 2.52 bits per heavy atom. The number of halogens is 2. The normalized spacial score (nSPS) is 10.2. The second-order valence-electron chi connectivity index (χ2n) is 4.21. The Kier molecular flexibility index (Phi) is 5.00. The molecule has 0 atom stereocenters. The van der Waals surface area contributed by atoms with Crippen molar-refractivity contribution in [2.45, 2.75) is 6.61 Å². The number of methoxy groups -OCH3 is 1. The van der Waals surface area contributed by atoms with Gasteiger partial charge in [-0.2, -0.15) is 0 Å². The molecule has 0 spiro atoms. The number of hydrogen-bond donors (Lipinski definition) is 1. The molecule has 110 valence electrons. The summed E-state index contributed by atoms with van der Waals surface area (Å²) < 4.78 is 24.3. The number of hydrogen-bond acceptors (Lipinski definition) is 3. The van der Waals surface area contributed by atoms with Crippen molar-refractivity contribution in [3.63, 3.8) is 0 Å². The molecule has 0 fully saturated rings. The molecule has 0 unspecified atom stereocenters. The summed E-state index contributed by atoms with van der Waals surface area (Å²) >= 11 is 1.99. The van der Waals surface area contributed by atoms with Gasteiger partial charge in [0.15, 0.2) is 11.5 Å². The van der Waals surface area contributed by atoms with Gasteiger partial charge in [-0.3, -0.25) is 0 Å². The zero-order valence-electron chi connectivity index (χ0n) is 11.1. The molecule has 0 saturated carbocycles. The fraction of sp³-hybridized carbons (Fsp3) is 0.133. The van der Waals surface area contributed by atoms with E-state index in [0.29, 0.717) is 15.1 Å². The third-order valence-electron chi connectivity index (χ3n) is 2.77. The second kappa shape index (κ2) is 6.75. The maximum absolute atomic E-state index is 12.8. The summed E-state index contributed by atoms with van der Waals surface area (Å²) in [6, 6.07) is 8.87. The smallest absolute Gasteiger partial charge is 0.335 e. The first-order valence-electron chi connectivity index (χ1n) is 5.99. The van der Waals surface area contributed by atoms with Gasteiger partial charge in [0.25, 0.3) is 0 Å². The molecule has 2 rings (SSSR count). The third kappa shape index (κ3) is 3.84. The molecule has 0 heterocycles. The lowest BCUT2D eigenvalue weighted by atomic mass is 10.2. The van der Waals surface area contributed by atoms with Gasteiger partial charge in [0.2, 0.25) is 0 Å². The second-order valence-corrected chi connectivity index (χ2v) is 5.37. The summed E-state index contributed by atoms with van der Waals surface area (Å²) in [6.07, 6.45) is 0. The summed E-state index contributed by atoms with van der Waals surface area (Å²) in [7, 11) is 1.45. The first-order valence-corrected chi connectivity index (χ1v) is 7.07. The molecule has 4 nitrogen and oxygen atoms in total. The summed E-state index contributed by atoms with van der Waals surface area (Å²) in [5.74, 6) is -0.526. The summed E-state index contributed by atoms with van der Waals surface area (Å²) in [6.45, 7) is 0.235. The third-order valence-corrected chi connectivity index (χ3v) is 3.57. The van der Waals surface area contributed by atoms with E-state index in [0.717, 1.165) is 5.56 Å². The first kappa shape index (κ1) is 15.6. The highest BCUT2D eigenvalue weighted by Gasteiger charge is 2.15. The highest BCUT2D eigenvalue weighted by Crippen LogP contribution is 2.34. The number of rotatable bonds is 5. The average molecular weight is 402 g/mol. The van der Waals surface area contributed by atoms with Crippen LogP contribution in [0.4, 0.5) is 4.39 Å².